The number of aromatic nitrogens is 6. The van der Waals surface area contributed by atoms with Crippen molar-refractivity contribution in [2.75, 3.05) is 13.2 Å². The molecule has 1 fully saturated rings. The lowest BCUT2D eigenvalue weighted by Gasteiger charge is -2.38. The summed E-state index contributed by atoms with van der Waals surface area (Å²) in [6.45, 7) is 6.45. The lowest BCUT2D eigenvalue weighted by Crippen LogP contribution is -2.46. The van der Waals surface area contributed by atoms with Gasteiger partial charge < -0.3 is 9.47 Å². The van der Waals surface area contributed by atoms with Crippen LogP contribution in [0.3, 0.4) is 0 Å². The lowest BCUT2D eigenvalue weighted by atomic mass is 10.0. The van der Waals surface area contributed by atoms with Crippen LogP contribution in [0, 0.1) is 0 Å². The number of H-pyrrole nitrogens is 1. The highest BCUT2D eigenvalue weighted by atomic mass is 16.5. The van der Waals surface area contributed by atoms with Crippen LogP contribution < -0.4 is 9.47 Å². The van der Waals surface area contributed by atoms with Crippen LogP contribution in [0.15, 0.2) is 24.4 Å². The Morgan fingerprint density at radius 2 is 2.06 bits per heavy atom. The van der Waals surface area contributed by atoms with E-state index in [2.05, 4.69) is 51.4 Å². The van der Waals surface area contributed by atoms with Crippen molar-refractivity contribution >= 4 is 23.1 Å². The Labute approximate surface area is 204 Å². The normalized spacial score (nSPS) is 22.7. The first kappa shape index (κ1) is 21.9. The molecule has 4 aromatic rings. The fourth-order valence-electron chi connectivity index (χ4n) is 5.21. The summed E-state index contributed by atoms with van der Waals surface area (Å²) in [5.74, 6) is 1.46. The predicted molar refractivity (Wildman–Crippen MR) is 135 cm³/mol. The first-order chi connectivity index (χ1) is 17.0. The molecule has 1 saturated heterocycles. The van der Waals surface area contributed by atoms with Crippen LogP contribution in [-0.2, 0) is 20.6 Å². The van der Waals surface area contributed by atoms with E-state index in [-0.39, 0.29) is 6.10 Å². The van der Waals surface area contributed by atoms with Gasteiger partial charge in [0.25, 0.3) is 0 Å². The zero-order valence-electron chi connectivity index (χ0n) is 20.7. The van der Waals surface area contributed by atoms with Gasteiger partial charge in [0.2, 0.25) is 11.8 Å². The molecule has 2 aliphatic rings. The topological polar surface area (TPSA) is 86.0 Å². The number of benzene rings is 1. The van der Waals surface area contributed by atoms with Gasteiger partial charge in [-0.15, -0.1) is 5.10 Å². The van der Waals surface area contributed by atoms with Gasteiger partial charge in [-0.25, -0.2) is 4.68 Å². The third-order valence-electron chi connectivity index (χ3n) is 7.25. The monoisotopic (exact) mass is 473 g/mol. The lowest BCUT2D eigenvalue weighted by molar-refractivity contribution is 0.0450. The summed E-state index contributed by atoms with van der Waals surface area (Å²) >= 11 is 0. The second kappa shape index (κ2) is 8.57. The maximum Gasteiger partial charge on any atom is 0.240 e. The first-order valence-electron chi connectivity index (χ1n) is 12.3. The maximum absolute atomic E-state index is 6.64. The van der Waals surface area contributed by atoms with Crippen molar-refractivity contribution in [1.82, 2.24) is 34.7 Å². The first-order valence-corrected chi connectivity index (χ1v) is 12.3. The average molecular weight is 474 g/mol. The van der Waals surface area contributed by atoms with Crippen LogP contribution in [-0.4, -0.2) is 60.0 Å². The van der Waals surface area contributed by atoms with Crippen molar-refractivity contribution in [2.45, 2.75) is 45.4 Å². The molecule has 5 heterocycles. The van der Waals surface area contributed by atoms with Crippen LogP contribution in [0.1, 0.15) is 43.6 Å². The molecule has 0 saturated carbocycles. The number of aromatic amines is 1. The number of ether oxygens (including phenoxy) is 2. The van der Waals surface area contributed by atoms with E-state index in [4.69, 9.17) is 14.6 Å². The molecule has 0 spiro atoms. The van der Waals surface area contributed by atoms with E-state index in [1.165, 1.54) is 0 Å². The molecule has 0 aliphatic carbocycles. The van der Waals surface area contributed by atoms with Crippen molar-refractivity contribution in [2.24, 2.45) is 14.1 Å². The van der Waals surface area contributed by atoms with Gasteiger partial charge in [0.05, 0.1) is 40.8 Å². The minimum atomic E-state index is 0.0808. The molecule has 3 atom stereocenters. The van der Waals surface area contributed by atoms with Crippen molar-refractivity contribution in [3.63, 3.8) is 0 Å². The summed E-state index contributed by atoms with van der Waals surface area (Å²) < 4.78 is 16.4. The number of rotatable bonds is 2. The molecule has 1 N–H and O–H groups in total. The Morgan fingerprint density at radius 1 is 1.17 bits per heavy atom. The van der Waals surface area contributed by atoms with E-state index in [1.54, 1.807) is 0 Å². The molecule has 182 valence electrons. The summed E-state index contributed by atoms with van der Waals surface area (Å²) in [7, 11) is 3.93. The highest BCUT2D eigenvalue weighted by molar-refractivity contribution is 5.93. The quantitative estimate of drug-likeness (QED) is 0.473. The minimum absolute atomic E-state index is 0.0808. The minimum Gasteiger partial charge on any atom is -0.476 e. The smallest absolute Gasteiger partial charge is 0.240 e. The Bertz CT molecular complexity index is 1410. The third-order valence-corrected chi connectivity index (χ3v) is 7.25. The van der Waals surface area contributed by atoms with E-state index >= 15 is 0 Å². The summed E-state index contributed by atoms with van der Waals surface area (Å²) in [6.07, 6.45) is 8.23. The summed E-state index contributed by atoms with van der Waals surface area (Å²) in [5, 5.41) is 18.0. The van der Waals surface area contributed by atoms with E-state index in [9.17, 15) is 0 Å². The number of aryl methyl sites for hydroxylation is 2. The second-order valence-corrected chi connectivity index (χ2v) is 9.51. The van der Waals surface area contributed by atoms with Crippen LogP contribution >= 0.6 is 0 Å². The zero-order chi connectivity index (χ0) is 24.1. The number of hydrogen-bond donors (Lipinski definition) is 1. The van der Waals surface area contributed by atoms with E-state index in [1.807, 2.05) is 42.6 Å². The molecule has 6 rings (SSSR count). The molecule has 2 aliphatic heterocycles. The number of nitrogens with zero attached hydrogens (tertiary/aromatic N) is 6. The number of piperidine rings is 1. The standard InChI is InChI=1S/C26H31N7O2/c1-5-34-25-19-9-11-23-20-12-17(7-10-22(20)28-29-23)21-13-27-32(4)26(21)35-18-8-6-16(2)33(14-18)15-24(19)31(3)30-25/h7,9-13,16,18H,5-6,8,14-15H2,1-4H3,(H,28,29)/b11-9+/t16-,18-/m1/s1. The van der Waals surface area contributed by atoms with Crippen molar-refractivity contribution in [3.8, 4) is 22.9 Å². The fraction of sp³-hybridized carbons (Fsp3) is 0.423. The van der Waals surface area contributed by atoms with Gasteiger partial charge in [0.15, 0.2) is 0 Å². The van der Waals surface area contributed by atoms with Crippen LogP contribution in [0.4, 0.5) is 0 Å². The molecule has 1 aromatic carbocycles. The van der Waals surface area contributed by atoms with Crippen molar-refractivity contribution in [3.05, 3.63) is 41.3 Å². The largest absolute Gasteiger partial charge is 0.476 e. The van der Waals surface area contributed by atoms with Gasteiger partial charge >= 0.3 is 0 Å². The fourth-order valence-corrected chi connectivity index (χ4v) is 5.21. The van der Waals surface area contributed by atoms with Gasteiger partial charge in [-0.05, 0) is 56.5 Å². The molecule has 3 aromatic heterocycles. The van der Waals surface area contributed by atoms with Gasteiger partial charge in [0.1, 0.15) is 6.10 Å². The Balaban J connectivity index is 1.54. The molecule has 1 unspecified atom stereocenters. The van der Waals surface area contributed by atoms with Crippen LogP contribution in [0.25, 0.3) is 34.2 Å². The number of nitrogens with one attached hydrogen (secondary N) is 1. The Morgan fingerprint density at radius 3 is 2.91 bits per heavy atom. The van der Waals surface area contributed by atoms with Crippen molar-refractivity contribution in [1.29, 1.82) is 0 Å². The highest BCUT2D eigenvalue weighted by Crippen LogP contribution is 2.35. The van der Waals surface area contributed by atoms with Crippen molar-refractivity contribution < 1.29 is 9.47 Å². The SMILES string of the molecule is CCOc1nn(C)c2c1/C=C/c1[nH]nc3ccc(cc13)-c1cnn(C)c1O[C@@H]1CC[C@@H](C)N(C2)C1. The molecule has 9 nitrogen and oxygen atoms in total. The second-order valence-electron chi connectivity index (χ2n) is 9.51. The van der Waals surface area contributed by atoms with Crippen LogP contribution in [0.2, 0.25) is 0 Å². The molecule has 9 heteroatoms. The zero-order valence-corrected chi connectivity index (χ0v) is 20.7. The summed E-state index contributed by atoms with van der Waals surface area (Å²) in [5.41, 5.74) is 6.04. The van der Waals surface area contributed by atoms with Gasteiger partial charge in [-0.2, -0.15) is 10.2 Å². The summed E-state index contributed by atoms with van der Waals surface area (Å²) in [4.78, 5) is 2.49. The molecule has 0 radical (unpaired) electrons. The predicted octanol–water partition coefficient (Wildman–Crippen LogP) is 4.01. The molecule has 35 heavy (non-hydrogen) atoms. The summed E-state index contributed by atoms with van der Waals surface area (Å²) in [6, 6.07) is 6.73. The maximum atomic E-state index is 6.64. The Kier molecular flexibility index (Phi) is 5.36. The number of hydrogen-bond acceptors (Lipinski definition) is 6. The molecule has 4 bridgehead atoms. The van der Waals surface area contributed by atoms with E-state index in [0.29, 0.717) is 18.5 Å². The molecule has 0 amide bonds. The Hall–Kier alpha value is -3.59. The van der Waals surface area contributed by atoms with E-state index < -0.39 is 0 Å². The van der Waals surface area contributed by atoms with E-state index in [0.717, 1.165) is 70.8 Å². The average Bonchev–Trinajstić information content (AvgIpc) is 3.50. The third kappa shape index (κ3) is 3.80. The molecular weight excluding hydrogens is 442 g/mol. The highest BCUT2D eigenvalue weighted by Gasteiger charge is 2.30. The van der Waals surface area contributed by atoms with Gasteiger partial charge in [-0.1, -0.05) is 6.07 Å². The van der Waals surface area contributed by atoms with Gasteiger partial charge in [-0.3, -0.25) is 14.7 Å². The molecular formula is C26H31N7O2. The van der Waals surface area contributed by atoms with Gasteiger partial charge in [0, 0.05) is 38.6 Å². The van der Waals surface area contributed by atoms with Crippen LogP contribution in [0.5, 0.6) is 11.8 Å². The number of fused-ring (bicyclic) bond motifs is 6.